The molecule has 114 valence electrons. The lowest BCUT2D eigenvalue weighted by molar-refractivity contribution is -0.144. The van der Waals surface area contributed by atoms with Gasteiger partial charge in [-0.2, -0.15) is 5.10 Å². The quantitative estimate of drug-likeness (QED) is 0.772. The molecule has 6 heteroatoms. The van der Waals surface area contributed by atoms with E-state index in [9.17, 15) is 4.79 Å². The Balaban J connectivity index is 1.73. The summed E-state index contributed by atoms with van der Waals surface area (Å²) in [7, 11) is 0. The fraction of sp³-hybridized carbons (Fsp3) is 0.667. The molecule has 2 saturated heterocycles. The largest absolute Gasteiger partial charge is 0.374 e. The van der Waals surface area contributed by atoms with Gasteiger partial charge in [0, 0.05) is 26.6 Å². The summed E-state index contributed by atoms with van der Waals surface area (Å²) in [5, 5.41) is 8.40. The van der Waals surface area contributed by atoms with E-state index in [0.717, 1.165) is 37.4 Å². The van der Waals surface area contributed by atoms with Crippen LogP contribution in [0.3, 0.4) is 0 Å². The number of anilines is 1. The monoisotopic (exact) mass is 290 g/mol. The normalized spacial score (nSPS) is 26.2. The molecule has 2 aliphatic heterocycles. The van der Waals surface area contributed by atoms with E-state index in [0.29, 0.717) is 13.2 Å². The van der Waals surface area contributed by atoms with E-state index in [-0.39, 0.29) is 18.1 Å². The van der Waals surface area contributed by atoms with Crippen molar-refractivity contribution in [3.8, 4) is 0 Å². The average Bonchev–Trinajstić information content (AvgIpc) is 2.70. The highest BCUT2D eigenvalue weighted by Gasteiger charge is 2.36. The van der Waals surface area contributed by atoms with Gasteiger partial charge in [-0.1, -0.05) is 0 Å². The van der Waals surface area contributed by atoms with Crippen LogP contribution in [0.1, 0.15) is 25.5 Å². The van der Waals surface area contributed by atoms with E-state index in [1.165, 1.54) is 0 Å². The fourth-order valence-electron chi connectivity index (χ4n) is 3.26. The molecule has 0 unspecified atom stereocenters. The Morgan fingerprint density at radius 3 is 2.76 bits per heavy atom. The van der Waals surface area contributed by atoms with Gasteiger partial charge in [-0.05, 0) is 31.9 Å². The highest BCUT2D eigenvalue weighted by molar-refractivity contribution is 5.73. The van der Waals surface area contributed by atoms with Crippen molar-refractivity contribution >= 4 is 11.7 Å². The Bertz CT molecular complexity index is 505. The first kappa shape index (κ1) is 14.3. The number of rotatable bonds is 1. The van der Waals surface area contributed by atoms with Crippen LogP contribution in [0.2, 0.25) is 0 Å². The van der Waals surface area contributed by atoms with E-state index in [1.54, 1.807) is 6.92 Å². The molecule has 0 N–H and O–H groups in total. The van der Waals surface area contributed by atoms with Crippen LogP contribution in [0.15, 0.2) is 12.1 Å². The molecule has 1 aromatic heterocycles. The van der Waals surface area contributed by atoms with Crippen LogP contribution in [0.5, 0.6) is 0 Å². The first-order chi connectivity index (χ1) is 10.1. The minimum absolute atomic E-state index is 0.144. The molecule has 0 bridgehead atoms. The van der Waals surface area contributed by atoms with Crippen molar-refractivity contribution in [3.63, 3.8) is 0 Å². The molecule has 2 aliphatic rings. The van der Waals surface area contributed by atoms with E-state index >= 15 is 0 Å². The molecule has 1 amide bonds. The van der Waals surface area contributed by atoms with Gasteiger partial charge in [-0.3, -0.25) is 4.79 Å². The molecule has 21 heavy (non-hydrogen) atoms. The van der Waals surface area contributed by atoms with Crippen molar-refractivity contribution in [2.24, 2.45) is 0 Å². The summed E-state index contributed by atoms with van der Waals surface area (Å²) in [6.07, 6.45) is 1.98. The number of aromatic nitrogens is 2. The second-order valence-corrected chi connectivity index (χ2v) is 5.79. The number of carbonyl (C=O) groups is 1. The first-order valence-electron chi connectivity index (χ1n) is 7.59. The topological polar surface area (TPSA) is 58.6 Å². The predicted octanol–water partition coefficient (Wildman–Crippen LogP) is 1.00. The predicted molar refractivity (Wildman–Crippen MR) is 79.1 cm³/mol. The minimum atomic E-state index is 0.144. The van der Waals surface area contributed by atoms with Crippen molar-refractivity contribution in [3.05, 3.63) is 17.8 Å². The second-order valence-electron chi connectivity index (χ2n) is 5.79. The van der Waals surface area contributed by atoms with Gasteiger partial charge < -0.3 is 14.5 Å². The van der Waals surface area contributed by atoms with Gasteiger partial charge in [0.05, 0.1) is 24.4 Å². The number of amides is 1. The number of hydrogen-bond donors (Lipinski definition) is 0. The van der Waals surface area contributed by atoms with Crippen molar-refractivity contribution in [1.82, 2.24) is 15.1 Å². The lowest BCUT2D eigenvalue weighted by Crippen LogP contribution is -2.52. The Labute approximate surface area is 125 Å². The number of nitrogens with zero attached hydrogens (tertiary/aromatic N) is 4. The fourth-order valence-corrected chi connectivity index (χ4v) is 3.26. The zero-order valence-electron chi connectivity index (χ0n) is 12.7. The Morgan fingerprint density at radius 1 is 1.24 bits per heavy atom. The SMILES string of the molecule is CC(=O)N1CCO[C@H]2CCN(c3ccc(C)nn3)CC[C@H]21. The van der Waals surface area contributed by atoms with Gasteiger partial charge in [0.1, 0.15) is 0 Å². The van der Waals surface area contributed by atoms with Crippen LogP contribution < -0.4 is 4.90 Å². The van der Waals surface area contributed by atoms with Crippen molar-refractivity contribution < 1.29 is 9.53 Å². The zero-order valence-corrected chi connectivity index (χ0v) is 12.7. The number of aryl methyl sites for hydroxylation is 1. The van der Waals surface area contributed by atoms with Crippen molar-refractivity contribution in [1.29, 1.82) is 0 Å². The van der Waals surface area contributed by atoms with E-state index in [4.69, 9.17) is 4.74 Å². The maximum Gasteiger partial charge on any atom is 0.219 e. The molecule has 2 fully saturated rings. The third-order valence-corrected chi connectivity index (χ3v) is 4.38. The molecule has 0 spiro atoms. The molecular formula is C15H22N4O2. The summed E-state index contributed by atoms with van der Waals surface area (Å²) in [4.78, 5) is 16.0. The molecule has 3 rings (SSSR count). The molecule has 0 aliphatic carbocycles. The second kappa shape index (κ2) is 5.97. The zero-order chi connectivity index (χ0) is 14.8. The first-order valence-corrected chi connectivity index (χ1v) is 7.59. The maximum absolute atomic E-state index is 11.8. The van der Waals surface area contributed by atoms with E-state index < -0.39 is 0 Å². The summed E-state index contributed by atoms with van der Waals surface area (Å²) in [6, 6.07) is 4.19. The summed E-state index contributed by atoms with van der Waals surface area (Å²) < 4.78 is 5.89. The van der Waals surface area contributed by atoms with Gasteiger partial charge in [0.25, 0.3) is 0 Å². The lowest BCUT2D eigenvalue weighted by atomic mass is 10.0. The van der Waals surface area contributed by atoms with Crippen molar-refractivity contribution in [2.45, 2.75) is 38.8 Å². The Morgan fingerprint density at radius 2 is 2.05 bits per heavy atom. The van der Waals surface area contributed by atoms with E-state index in [2.05, 4.69) is 15.1 Å². The van der Waals surface area contributed by atoms with Gasteiger partial charge in [-0.25, -0.2) is 0 Å². The number of carbonyl (C=O) groups excluding carboxylic acids is 1. The number of morpholine rings is 1. The minimum Gasteiger partial charge on any atom is -0.374 e. The van der Waals surface area contributed by atoms with Gasteiger partial charge in [0.2, 0.25) is 5.91 Å². The highest BCUT2D eigenvalue weighted by atomic mass is 16.5. The van der Waals surface area contributed by atoms with Crippen LogP contribution in [0.25, 0.3) is 0 Å². The summed E-state index contributed by atoms with van der Waals surface area (Å²) in [6.45, 7) is 6.71. The summed E-state index contributed by atoms with van der Waals surface area (Å²) >= 11 is 0. The van der Waals surface area contributed by atoms with E-state index in [1.807, 2.05) is 24.0 Å². The van der Waals surface area contributed by atoms with Gasteiger partial charge >= 0.3 is 0 Å². The van der Waals surface area contributed by atoms with Gasteiger partial charge in [0.15, 0.2) is 5.82 Å². The molecule has 1 aromatic rings. The molecule has 0 saturated carbocycles. The summed E-state index contributed by atoms with van der Waals surface area (Å²) in [5.74, 6) is 1.06. The number of fused-ring (bicyclic) bond motifs is 1. The lowest BCUT2D eigenvalue weighted by Gasteiger charge is -2.39. The molecule has 0 radical (unpaired) electrons. The number of hydrogen-bond acceptors (Lipinski definition) is 5. The van der Waals surface area contributed by atoms with Crippen LogP contribution in [0.4, 0.5) is 5.82 Å². The maximum atomic E-state index is 11.8. The highest BCUT2D eigenvalue weighted by Crippen LogP contribution is 2.25. The molecule has 3 heterocycles. The number of ether oxygens (including phenoxy) is 1. The Kier molecular flexibility index (Phi) is 4.05. The van der Waals surface area contributed by atoms with Crippen LogP contribution >= 0.6 is 0 Å². The van der Waals surface area contributed by atoms with Gasteiger partial charge in [-0.15, -0.1) is 5.10 Å². The Hall–Kier alpha value is -1.69. The molecule has 6 nitrogen and oxygen atoms in total. The van der Waals surface area contributed by atoms with Crippen molar-refractivity contribution in [2.75, 3.05) is 31.1 Å². The smallest absolute Gasteiger partial charge is 0.219 e. The molecular weight excluding hydrogens is 268 g/mol. The third-order valence-electron chi connectivity index (χ3n) is 4.38. The molecule has 2 atom stereocenters. The molecule has 0 aromatic carbocycles. The van der Waals surface area contributed by atoms with Crippen LogP contribution in [-0.2, 0) is 9.53 Å². The summed E-state index contributed by atoms with van der Waals surface area (Å²) in [5.41, 5.74) is 0.924. The van der Waals surface area contributed by atoms with Crippen LogP contribution in [-0.4, -0.2) is 59.4 Å². The standard InChI is InChI=1S/C15H22N4O2/c1-11-3-4-15(17-16-11)18-7-5-13-14(6-8-18)21-10-9-19(13)12(2)20/h3-4,13-14H,5-10H2,1-2H3/t13-,14+/m1/s1. The van der Waals surface area contributed by atoms with Crippen LogP contribution in [0, 0.1) is 6.92 Å². The average molecular weight is 290 g/mol. The third kappa shape index (κ3) is 3.00.